The van der Waals surface area contributed by atoms with Crippen molar-refractivity contribution in [3.8, 4) is 0 Å². The van der Waals surface area contributed by atoms with Gasteiger partial charge in [-0.15, -0.1) is 0 Å². The Bertz CT molecular complexity index is 342. The van der Waals surface area contributed by atoms with Gasteiger partial charge >= 0.3 is 0 Å². The lowest BCUT2D eigenvalue weighted by atomic mass is 10.2. The van der Waals surface area contributed by atoms with Gasteiger partial charge in [0.15, 0.2) is 0 Å². The van der Waals surface area contributed by atoms with Crippen molar-refractivity contribution in [3.05, 3.63) is 0 Å². The van der Waals surface area contributed by atoms with Gasteiger partial charge in [0.2, 0.25) is 0 Å². The second-order valence-corrected chi connectivity index (χ2v) is 9.84. The summed E-state index contributed by atoms with van der Waals surface area (Å²) >= 11 is 11.4. The van der Waals surface area contributed by atoms with Gasteiger partial charge < -0.3 is 9.80 Å². The number of hydrogen-bond acceptors (Lipinski definition) is 4. The first kappa shape index (κ1) is 25.5. The van der Waals surface area contributed by atoms with E-state index in [1.54, 1.807) is 21.6 Å². The molecule has 0 unspecified atom stereocenters. The molecule has 0 heterocycles. The zero-order chi connectivity index (χ0) is 18.9. The largest absolute Gasteiger partial charge is 0.357 e. The van der Waals surface area contributed by atoms with Crippen molar-refractivity contribution in [2.75, 3.05) is 26.2 Å². The van der Waals surface area contributed by atoms with E-state index in [4.69, 9.17) is 24.4 Å². The molecule has 148 valence electrons. The molecular formula is C19H38N2S4. The Morgan fingerprint density at radius 1 is 0.560 bits per heavy atom. The molecule has 0 aliphatic rings. The average Bonchev–Trinajstić information content (AvgIpc) is 2.62. The molecule has 0 atom stereocenters. The summed E-state index contributed by atoms with van der Waals surface area (Å²) in [6.45, 7) is 13.3. The fraction of sp³-hybridized carbons (Fsp3) is 0.895. The van der Waals surface area contributed by atoms with E-state index in [0.29, 0.717) is 0 Å². The molecule has 0 aliphatic heterocycles. The molecular weight excluding hydrogens is 384 g/mol. The predicted octanol–water partition coefficient (Wildman–Crippen LogP) is 7.13. The lowest BCUT2D eigenvalue weighted by Crippen LogP contribution is -2.31. The van der Waals surface area contributed by atoms with Gasteiger partial charge in [-0.3, -0.25) is 0 Å². The standard InChI is InChI=1S/C19H38N2S4/c1-5-9-13-17-21(16-12-8-4)19(23)25-24-18(22)20(14-10-6-2)15-11-7-3/h5-17H2,1-4H3. The van der Waals surface area contributed by atoms with Gasteiger partial charge in [0.25, 0.3) is 0 Å². The van der Waals surface area contributed by atoms with Crippen LogP contribution in [0.15, 0.2) is 0 Å². The number of hydrogen-bond donors (Lipinski definition) is 0. The summed E-state index contributed by atoms with van der Waals surface area (Å²) in [7, 11) is 3.37. The SMILES string of the molecule is CCCCCN(CCCC)C(=S)SSC(=S)N(CCCC)CCCC. The number of unbranched alkanes of at least 4 members (excludes halogenated alkanes) is 5. The maximum atomic E-state index is 5.71. The summed E-state index contributed by atoms with van der Waals surface area (Å²) < 4.78 is 2.00. The highest BCUT2D eigenvalue weighted by atomic mass is 33.1. The molecule has 0 spiro atoms. The summed E-state index contributed by atoms with van der Waals surface area (Å²) in [5.41, 5.74) is 0. The summed E-state index contributed by atoms with van der Waals surface area (Å²) in [5, 5.41) is 0. The third-order valence-electron chi connectivity index (χ3n) is 4.08. The van der Waals surface area contributed by atoms with Crippen LogP contribution in [-0.2, 0) is 0 Å². The van der Waals surface area contributed by atoms with E-state index in [1.807, 2.05) is 0 Å². The Kier molecular flexibility index (Phi) is 18.2. The van der Waals surface area contributed by atoms with E-state index < -0.39 is 0 Å². The highest BCUT2D eigenvalue weighted by Gasteiger charge is 2.14. The van der Waals surface area contributed by atoms with Gasteiger partial charge in [0, 0.05) is 26.2 Å². The van der Waals surface area contributed by atoms with E-state index in [-0.39, 0.29) is 0 Å². The first-order valence-corrected chi connectivity index (χ1v) is 13.0. The van der Waals surface area contributed by atoms with Gasteiger partial charge in [0.1, 0.15) is 8.64 Å². The number of thiocarbonyl (C=S) groups is 2. The minimum atomic E-state index is 0.998. The van der Waals surface area contributed by atoms with Crippen molar-refractivity contribution in [3.63, 3.8) is 0 Å². The molecule has 0 radical (unpaired) electrons. The molecule has 25 heavy (non-hydrogen) atoms. The van der Waals surface area contributed by atoms with E-state index in [2.05, 4.69) is 37.5 Å². The highest BCUT2D eigenvalue weighted by Crippen LogP contribution is 2.29. The zero-order valence-electron chi connectivity index (χ0n) is 16.7. The van der Waals surface area contributed by atoms with Crippen LogP contribution in [0, 0.1) is 0 Å². The molecule has 0 aromatic carbocycles. The van der Waals surface area contributed by atoms with Gasteiger partial charge in [-0.25, -0.2) is 0 Å². The second kappa shape index (κ2) is 17.9. The fourth-order valence-corrected chi connectivity index (χ4v) is 5.12. The summed E-state index contributed by atoms with van der Waals surface area (Å²) in [6, 6.07) is 0. The molecule has 0 saturated heterocycles. The molecule has 0 amide bonds. The molecule has 0 N–H and O–H groups in total. The van der Waals surface area contributed by atoms with Crippen LogP contribution in [0.2, 0.25) is 0 Å². The van der Waals surface area contributed by atoms with Gasteiger partial charge in [-0.1, -0.05) is 84.2 Å². The maximum absolute atomic E-state index is 5.71. The lowest BCUT2D eigenvalue weighted by molar-refractivity contribution is 0.406. The number of nitrogens with zero attached hydrogens (tertiary/aromatic N) is 2. The van der Waals surface area contributed by atoms with Crippen molar-refractivity contribution in [1.82, 2.24) is 9.80 Å². The lowest BCUT2D eigenvalue weighted by Gasteiger charge is -2.27. The Morgan fingerprint density at radius 2 is 0.880 bits per heavy atom. The van der Waals surface area contributed by atoms with Crippen LogP contribution in [-0.4, -0.2) is 44.6 Å². The number of rotatable bonds is 13. The normalized spacial score (nSPS) is 10.7. The third-order valence-corrected chi connectivity index (χ3v) is 7.81. The van der Waals surface area contributed by atoms with E-state index >= 15 is 0 Å². The van der Waals surface area contributed by atoms with Crippen LogP contribution in [0.4, 0.5) is 0 Å². The molecule has 6 heteroatoms. The zero-order valence-corrected chi connectivity index (χ0v) is 20.0. The minimum absolute atomic E-state index is 0.998. The molecule has 2 nitrogen and oxygen atoms in total. The maximum Gasteiger partial charge on any atom is 0.147 e. The van der Waals surface area contributed by atoms with Crippen molar-refractivity contribution in [2.45, 2.75) is 85.5 Å². The Morgan fingerprint density at radius 3 is 1.20 bits per heavy atom. The van der Waals surface area contributed by atoms with Crippen LogP contribution in [0.1, 0.15) is 85.5 Å². The second-order valence-electron chi connectivity index (χ2n) is 6.44. The Balaban J connectivity index is 4.46. The fourth-order valence-electron chi connectivity index (χ4n) is 2.37. The van der Waals surface area contributed by atoms with Crippen molar-refractivity contribution in [1.29, 1.82) is 0 Å². The van der Waals surface area contributed by atoms with E-state index in [0.717, 1.165) is 34.8 Å². The molecule has 0 aromatic heterocycles. The highest BCUT2D eigenvalue weighted by molar-refractivity contribution is 8.89. The van der Waals surface area contributed by atoms with Crippen LogP contribution < -0.4 is 0 Å². The predicted molar refractivity (Wildman–Crippen MR) is 128 cm³/mol. The Hall–Kier alpha value is 0.480. The first-order chi connectivity index (χ1) is 12.1. The van der Waals surface area contributed by atoms with Crippen LogP contribution in [0.5, 0.6) is 0 Å². The topological polar surface area (TPSA) is 6.48 Å². The van der Waals surface area contributed by atoms with Crippen molar-refractivity contribution < 1.29 is 0 Å². The molecule has 0 fully saturated rings. The minimum Gasteiger partial charge on any atom is -0.357 e. The summed E-state index contributed by atoms with van der Waals surface area (Å²) in [4.78, 5) is 4.76. The van der Waals surface area contributed by atoms with Gasteiger partial charge in [-0.05, 0) is 47.3 Å². The van der Waals surface area contributed by atoms with Crippen molar-refractivity contribution >= 4 is 54.7 Å². The monoisotopic (exact) mass is 422 g/mol. The van der Waals surface area contributed by atoms with Crippen molar-refractivity contribution in [2.24, 2.45) is 0 Å². The molecule has 0 aliphatic carbocycles. The molecule has 0 rings (SSSR count). The smallest absolute Gasteiger partial charge is 0.147 e. The van der Waals surface area contributed by atoms with Crippen LogP contribution >= 0.6 is 46.0 Å². The van der Waals surface area contributed by atoms with E-state index in [9.17, 15) is 0 Å². The Labute approximate surface area is 175 Å². The third kappa shape index (κ3) is 13.3. The van der Waals surface area contributed by atoms with Crippen LogP contribution in [0.3, 0.4) is 0 Å². The quantitative estimate of drug-likeness (QED) is 0.176. The molecule has 0 saturated carbocycles. The molecule has 0 aromatic rings. The first-order valence-electron chi connectivity index (χ1n) is 10.0. The van der Waals surface area contributed by atoms with Gasteiger partial charge in [-0.2, -0.15) is 0 Å². The van der Waals surface area contributed by atoms with Gasteiger partial charge in [0.05, 0.1) is 0 Å². The molecule has 0 bridgehead atoms. The summed E-state index contributed by atoms with van der Waals surface area (Å²) in [5.74, 6) is 0. The average molecular weight is 423 g/mol. The van der Waals surface area contributed by atoms with Crippen LogP contribution in [0.25, 0.3) is 0 Å². The summed E-state index contributed by atoms with van der Waals surface area (Å²) in [6.07, 6.45) is 11.0. The van der Waals surface area contributed by atoms with E-state index in [1.165, 1.54) is 57.8 Å².